The minimum absolute atomic E-state index is 0.659. The lowest BCUT2D eigenvalue weighted by molar-refractivity contribution is 1.06. The van der Waals surface area contributed by atoms with Gasteiger partial charge in [0.2, 0.25) is 0 Å². The van der Waals surface area contributed by atoms with Crippen LogP contribution < -0.4 is 0 Å². The van der Waals surface area contributed by atoms with Crippen molar-refractivity contribution >= 4 is 43.6 Å². The van der Waals surface area contributed by atoms with Gasteiger partial charge < -0.3 is 9.13 Å². The monoisotopic (exact) mass is 667 g/mol. The van der Waals surface area contributed by atoms with E-state index in [9.17, 15) is 0 Å². The molecule has 0 atom stereocenters. The van der Waals surface area contributed by atoms with Gasteiger partial charge in [-0.05, 0) is 73.5 Å². The highest BCUT2D eigenvalue weighted by Gasteiger charge is 2.20. The van der Waals surface area contributed by atoms with Crippen molar-refractivity contribution in [2.75, 3.05) is 0 Å². The summed E-state index contributed by atoms with van der Waals surface area (Å²) in [5.41, 5.74) is 12.3. The molecule has 3 heterocycles. The molecule has 0 saturated carbocycles. The number of para-hydroxylation sites is 3. The predicted molar refractivity (Wildman–Crippen MR) is 214 cm³/mol. The van der Waals surface area contributed by atoms with Crippen molar-refractivity contribution in [1.82, 2.24) is 24.1 Å². The van der Waals surface area contributed by atoms with Crippen LogP contribution in [0.1, 0.15) is 11.1 Å². The molecule has 246 valence electrons. The van der Waals surface area contributed by atoms with Gasteiger partial charge in [-0.25, -0.2) is 15.0 Å². The van der Waals surface area contributed by atoms with Gasteiger partial charge in [0.25, 0.3) is 0 Å². The van der Waals surface area contributed by atoms with Crippen molar-refractivity contribution < 1.29 is 0 Å². The Kier molecular flexibility index (Phi) is 6.86. The number of aromatic nitrogens is 5. The number of hydrogen-bond donors (Lipinski definition) is 0. The maximum Gasteiger partial charge on any atom is 0.164 e. The van der Waals surface area contributed by atoms with Crippen LogP contribution in [0.2, 0.25) is 0 Å². The highest BCUT2D eigenvalue weighted by Crippen LogP contribution is 2.39. The van der Waals surface area contributed by atoms with Crippen LogP contribution in [-0.4, -0.2) is 24.1 Å². The molecule has 0 amide bonds. The van der Waals surface area contributed by atoms with E-state index in [1.165, 1.54) is 49.2 Å². The fourth-order valence-corrected chi connectivity index (χ4v) is 7.78. The van der Waals surface area contributed by atoms with E-state index in [1.807, 2.05) is 60.7 Å². The van der Waals surface area contributed by atoms with Crippen LogP contribution in [0.5, 0.6) is 0 Å². The molecular formula is C47H33N5. The molecule has 0 unspecified atom stereocenters. The molecule has 0 saturated heterocycles. The Labute approximate surface area is 301 Å². The van der Waals surface area contributed by atoms with E-state index in [1.54, 1.807) is 0 Å². The summed E-state index contributed by atoms with van der Waals surface area (Å²) in [7, 11) is 0. The van der Waals surface area contributed by atoms with Crippen LogP contribution in [0.4, 0.5) is 0 Å². The summed E-state index contributed by atoms with van der Waals surface area (Å²) in [5, 5.41) is 4.96. The number of rotatable bonds is 5. The molecule has 0 aliphatic rings. The van der Waals surface area contributed by atoms with Crippen LogP contribution in [0.3, 0.4) is 0 Å². The highest BCUT2D eigenvalue weighted by atomic mass is 15.0. The fraction of sp³-hybridized carbons (Fsp3) is 0.0426. The molecular weight excluding hydrogens is 635 g/mol. The van der Waals surface area contributed by atoms with E-state index >= 15 is 0 Å². The molecule has 0 radical (unpaired) electrons. The maximum atomic E-state index is 5.04. The minimum atomic E-state index is 0.659. The largest absolute Gasteiger partial charge is 0.309 e. The van der Waals surface area contributed by atoms with Gasteiger partial charge in [-0.2, -0.15) is 0 Å². The molecule has 0 aliphatic carbocycles. The summed E-state index contributed by atoms with van der Waals surface area (Å²) in [5.74, 6) is 1.98. The first-order valence-electron chi connectivity index (χ1n) is 17.6. The second-order valence-electron chi connectivity index (χ2n) is 13.3. The summed E-state index contributed by atoms with van der Waals surface area (Å²) in [6, 6.07) is 57.6. The molecule has 10 aromatic rings. The number of nitrogens with zero attached hydrogens (tertiary/aromatic N) is 5. The average molecular weight is 668 g/mol. The Morgan fingerprint density at radius 1 is 0.365 bits per heavy atom. The van der Waals surface area contributed by atoms with Crippen LogP contribution in [0.25, 0.3) is 89.2 Å². The van der Waals surface area contributed by atoms with Gasteiger partial charge in [0.1, 0.15) is 0 Å². The fourth-order valence-electron chi connectivity index (χ4n) is 7.78. The molecule has 0 spiro atoms. The molecule has 10 rings (SSSR count). The average Bonchev–Trinajstić information content (AvgIpc) is 3.72. The van der Waals surface area contributed by atoms with E-state index in [4.69, 9.17) is 15.0 Å². The van der Waals surface area contributed by atoms with E-state index in [-0.39, 0.29) is 0 Å². The Balaban J connectivity index is 1.15. The Bertz CT molecular complexity index is 2860. The van der Waals surface area contributed by atoms with Crippen LogP contribution in [0.15, 0.2) is 164 Å². The smallest absolute Gasteiger partial charge is 0.164 e. The number of fused-ring (bicyclic) bond motifs is 6. The van der Waals surface area contributed by atoms with Gasteiger partial charge >= 0.3 is 0 Å². The SMILES string of the molecule is Cc1c(-c2nc(-c3ccccc3)nc(-c3ccccc3)n2)ccc(-n2c3ccccc3c3cc(-n4c5ccccc5c5ccccc54)ccc32)c1C. The maximum absolute atomic E-state index is 5.04. The summed E-state index contributed by atoms with van der Waals surface area (Å²) in [6.45, 7) is 4.38. The van der Waals surface area contributed by atoms with Gasteiger partial charge in [-0.3, -0.25) is 0 Å². The van der Waals surface area contributed by atoms with Crippen molar-refractivity contribution in [3.63, 3.8) is 0 Å². The first-order valence-corrected chi connectivity index (χ1v) is 17.6. The van der Waals surface area contributed by atoms with Gasteiger partial charge in [-0.15, -0.1) is 0 Å². The van der Waals surface area contributed by atoms with Crippen molar-refractivity contribution in [3.05, 3.63) is 175 Å². The van der Waals surface area contributed by atoms with Crippen molar-refractivity contribution in [1.29, 1.82) is 0 Å². The van der Waals surface area contributed by atoms with E-state index in [0.717, 1.165) is 33.6 Å². The van der Waals surface area contributed by atoms with Crippen molar-refractivity contribution in [3.8, 4) is 45.5 Å². The molecule has 3 aromatic heterocycles. The van der Waals surface area contributed by atoms with Gasteiger partial charge in [0, 0.05) is 49.6 Å². The first-order chi connectivity index (χ1) is 25.6. The third kappa shape index (κ3) is 4.67. The predicted octanol–water partition coefficient (Wildman–Crippen LogP) is 11.7. The summed E-state index contributed by atoms with van der Waals surface area (Å²) in [4.78, 5) is 15.0. The lowest BCUT2D eigenvalue weighted by atomic mass is 10.00. The molecule has 0 bridgehead atoms. The molecule has 0 N–H and O–H groups in total. The zero-order valence-electron chi connectivity index (χ0n) is 28.8. The second kappa shape index (κ2) is 11.9. The molecule has 52 heavy (non-hydrogen) atoms. The minimum Gasteiger partial charge on any atom is -0.309 e. The normalized spacial score (nSPS) is 11.7. The molecule has 5 heteroatoms. The van der Waals surface area contributed by atoms with Gasteiger partial charge in [-0.1, -0.05) is 115 Å². The van der Waals surface area contributed by atoms with Crippen molar-refractivity contribution in [2.24, 2.45) is 0 Å². The number of hydrogen-bond acceptors (Lipinski definition) is 3. The zero-order valence-corrected chi connectivity index (χ0v) is 28.8. The molecule has 0 fully saturated rings. The number of benzene rings is 7. The van der Waals surface area contributed by atoms with E-state index in [0.29, 0.717) is 17.5 Å². The van der Waals surface area contributed by atoms with E-state index in [2.05, 4.69) is 126 Å². The Morgan fingerprint density at radius 2 is 0.827 bits per heavy atom. The lowest BCUT2D eigenvalue weighted by Gasteiger charge is -2.17. The first kappa shape index (κ1) is 30.0. The molecule has 0 aliphatic heterocycles. The van der Waals surface area contributed by atoms with Gasteiger partial charge in [0.05, 0.1) is 22.1 Å². The summed E-state index contributed by atoms with van der Waals surface area (Å²) < 4.78 is 4.80. The lowest BCUT2D eigenvalue weighted by Crippen LogP contribution is -2.04. The van der Waals surface area contributed by atoms with E-state index < -0.39 is 0 Å². The quantitative estimate of drug-likeness (QED) is 0.184. The third-order valence-electron chi connectivity index (χ3n) is 10.4. The summed E-state index contributed by atoms with van der Waals surface area (Å²) in [6.07, 6.45) is 0. The van der Waals surface area contributed by atoms with Crippen LogP contribution in [-0.2, 0) is 0 Å². The van der Waals surface area contributed by atoms with Crippen molar-refractivity contribution in [2.45, 2.75) is 13.8 Å². The zero-order chi connectivity index (χ0) is 34.8. The summed E-state index contributed by atoms with van der Waals surface area (Å²) >= 11 is 0. The van der Waals surface area contributed by atoms with Gasteiger partial charge in [0.15, 0.2) is 17.5 Å². The Hall–Kier alpha value is -6.85. The van der Waals surface area contributed by atoms with Crippen LogP contribution in [0, 0.1) is 13.8 Å². The highest BCUT2D eigenvalue weighted by molar-refractivity contribution is 6.12. The van der Waals surface area contributed by atoms with Crippen LogP contribution >= 0.6 is 0 Å². The third-order valence-corrected chi connectivity index (χ3v) is 10.4. The molecule has 5 nitrogen and oxygen atoms in total. The second-order valence-corrected chi connectivity index (χ2v) is 13.3. The molecule has 7 aromatic carbocycles. The topological polar surface area (TPSA) is 48.5 Å². The Morgan fingerprint density at radius 3 is 1.40 bits per heavy atom. The standard InChI is InChI=1S/C47H33N5/c1-30-31(2)40(28-26-35(30)47-49-45(32-15-5-3-6-16-32)48-46(50-47)33-17-7-4-8-18-33)52-43-24-14-11-21-38(43)39-29-34(25-27-44(39)52)51-41-22-12-9-19-36(41)37-20-10-13-23-42(37)51/h3-29H,1-2H3.